The molecular formula is C10H13ClN4O2. The minimum atomic E-state index is 0.372. The molecule has 0 aromatic carbocycles. The summed E-state index contributed by atoms with van der Waals surface area (Å²) in [5.74, 6) is 0.976. The average molecular weight is 257 g/mol. The lowest BCUT2D eigenvalue weighted by molar-refractivity contribution is 0.107. The van der Waals surface area contributed by atoms with Crippen LogP contribution >= 0.6 is 11.6 Å². The molecule has 2 rings (SSSR count). The van der Waals surface area contributed by atoms with Gasteiger partial charge < -0.3 is 9.47 Å². The third-order valence-corrected chi connectivity index (χ3v) is 2.59. The maximum atomic E-state index is 5.99. The zero-order valence-electron chi connectivity index (χ0n) is 9.68. The normalized spacial score (nSPS) is 11.0. The Kier molecular flexibility index (Phi) is 3.75. The molecule has 0 amide bonds. The lowest BCUT2D eigenvalue weighted by atomic mass is 10.4. The highest BCUT2D eigenvalue weighted by Gasteiger charge is 2.13. The topological polar surface area (TPSA) is 61.5 Å². The van der Waals surface area contributed by atoms with Gasteiger partial charge in [0, 0.05) is 12.2 Å². The molecule has 0 fully saturated rings. The monoisotopic (exact) mass is 256 g/mol. The van der Waals surface area contributed by atoms with Gasteiger partial charge in [-0.25, -0.2) is 0 Å². The van der Waals surface area contributed by atoms with E-state index in [0.717, 1.165) is 5.56 Å². The Morgan fingerprint density at radius 1 is 1.41 bits per heavy atom. The fraction of sp³-hybridized carbons (Fsp3) is 0.500. The lowest BCUT2D eigenvalue weighted by Crippen LogP contribution is -2.11. The Labute approximate surface area is 104 Å². The van der Waals surface area contributed by atoms with Gasteiger partial charge in [0.1, 0.15) is 18.1 Å². The third-order valence-electron chi connectivity index (χ3n) is 2.22. The van der Waals surface area contributed by atoms with E-state index >= 15 is 0 Å². The van der Waals surface area contributed by atoms with Crippen molar-refractivity contribution in [3.8, 4) is 5.88 Å². The molecule has 92 valence electrons. The smallest absolute Gasteiger partial charge is 0.256 e. The highest BCUT2D eigenvalue weighted by atomic mass is 35.5. The summed E-state index contributed by atoms with van der Waals surface area (Å²) in [5, 5.41) is 4.41. The van der Waals surface area contributed by atoms with Crippen LogP contribution in [0.25, 0.3) is 5.78 Å². The van der Waals surface area contributed by atoms with Crippen LogP contribution in [0.15, 0.2) is 6.33 Å². The molecule has 0 spiro atoms. The number of nitrogens with zero attached hydrogens (tertiary/aromatic N) is 4. The van der Waals surface area contributed by atoms with Crippen LogP contribution < -0.4 is 4.74 Å². The van der Waals surface area contributed by atoms with Crippen molar-refractivity contribution < 1.29 is 9.47 Å². The van der Waals surface area contributed by atoms with Crippen molar-refractivity contribution in [1.82, 2.24) is 19.6 Å². The first-order valence-electron chi connectivity index (χ1n) is 5.30. The van der Waals surface area contributed by atoms with Gasteiger partial charge in [-0.1, -0.05) is 11.6 Å². The van der Waals surface area contributed by atoms with E-state index in [-0.39, 0.29) is 0 Å². The molecule has 0 unspecified atom stereocenters. The summed E-state index contributed by atoms with van der Waals surface area (Å²) in [6.45, 7) is 5.38. The van der Waals surface area contributed by atoms with Gasteiger partial charge in [0.05, 0.1) is 6.61 Å². The molecule has 2 heterocycles. The molecule has 0 aliphatic rings. The first-order valence-corrected chi connectivity index (χ1v) is 5.68. The standard InChI is InChI=1S/C10H13ClN4O2/c1-3-16-4-5-17-9-7(2)8(11)14-10-12-6-13-15(9)10/h6H,3-5H2,1-2H3. The SMILES string of the molecule is CCOCCOc1c(C)c(Cl)nc2ncnn12. The fourth-order valence-electron chi connectivity index (χ4n) is 1.38. The number of ether oxygens (including phenoxy) is 2. The zero-order chi connectivity index (χ0) is 12.3. The van der Waals surface area contributed by atoms with Crippen molar-refractivity contribution in [2.45, 2.75) is 13.8 Å². The summed E-state index contributed by atoms with van der Waals surface area (Å²) in [4.78, 5) is 8.05. The van der Waals surface area contributed by atoms with Crippen molar-refractivity contribution in [3.63, 3.8) is 0 Å². The van der Waals surface area contributed by atoms with E-state index in [9.17, 15) is 0 Å². The lowest BCUT2D eigenvalue weighted by Gasteiger charge is -2.10. The fourth-order valence-corrected chi connectivity index (χ4v) is 1.54. The summed E-state index contributed by atoms with van der Waals surface area (Å²) >= 11 is 5.99. The molecule has 6 nitrogen and oxygen atoms in total. The maximum absolute atomic E-state index is 5.99. The molecule has 2 aromatic heterocycles. The average Bonchev–Trinajstić information content (AvgIpc) is 2.76. The van der Waals surface area contributed by atoms with Crippen LogP contribution in [0.2, 0.25) is 5.15 Å². The van der Waals surface area contributed by atoms with Crippen molar-refractivity contribution >= 4 is 17.4 Å². The predicted molar refractivity (Wildman–Crippen MR) is 62.5 cm³/mol. The van der Waals surface area contributed by atoms with E-state index in [0.29, 0.717) is 36.6 Å². The molecule has 0 radical (unpaired) electrons. The number of halogens is 1. The van der Waals surface area contributed by atoms with Crippen molar-refractivity contribution in [2.24, 2.45) is 0 Å². The Balaban J connectivity index is 2.24. The van der Waals surface area contributed by atoms with Gasteiger partial charge in [0.2, 0.25) is 5.88 Å². The Morgan fingerprint density at radius 2 is 2.24 bits per heavy atom. The molecule has 0 saturated heterocycles. The van der Waals surface area contributed by atoms with E-state index in [1.54, 1.807) is 0 Å². The Hall–Kier alpha value is -1.40. The molecule has 2 aromatic rings. The highest BCUT2D eigenvalue weighted by Crippen LogP contribution is 2.23. The van der Waals surface area contributed by atoms with Crippen LogP contribution in [0, 0.1) is 6.92 Å². The van der Waals surface area contributed by atoms with Gasteiger partial charge in [0.15, 0.2) is 0 Å². The van der Waals surface area contributed by atoms with Crippen LogP contribution in [0.3, 0.4) is 0 Å². The van der Waals surface area contributed by atoms with Gasteiger partial charge in [-0.05, 0) is 13.8 Å². The molecule has 0 bridgehead atoms. The molecule has 17 heavy (non-hydrogen) atoms. The van der Waals surface area contributed by atoms with E-state index in [1.807, 2.05) is 13.8 Å². The third kappa shape index (κ3) is 2.48. The number of hydrogen-bond donors (Lipinski definition) is 0. The number of hydrogen-bond acceptors (Lipinski definition) is 5. The van der Waals surface area contributed by atoms with Gasteiger partial charge in [0.25, 0.3) is 5.78 Å². The summed E-state index contributed by atoms with van der Waals surface area (Å²) < 4.78 is 12.3. The molecule has 0 saturated carbocycles. The van der Waals surface area contributed by atoms with Crippen LogP contribution in [-0.2, 0) is 4.74 Å². The van der Waals surface area contributed by atoms with Crippen LogP contribution in [0.1, 0.15) is 12.5 Å². The quantitative estimate of drug-likeness (QED) is 0.599. The van der Waals surface area contributed by atoms with Gasteiger partial charge >= 0.3 is 0 Å². The first-order chi connectivity index (χ1) is 8.24. The second kappa shape index (κ2) is 5.29. The largest absolute Gasteiger partial charge is 0.475 e. The first kappa shape index (κ1) is 12.1. The number of fused-ring (bicyclic) bond motifs is 1. The van der Waals surface area contributed by atoms with Crippen LogP contribution in [0.5, 0.6) is 5.88 Å². The van der Waals surface area contributed by atoms with E-state index in [1.165, 1.54) is 10.8 Å². The minimum absolute atomic E-state index is 0.372. The van der Waals surface area contributed by atoms with E-state index in [4.69, 9.17) is 21.1 Å². The number of rotatable bonds is 5. The molecule has 0 aliphatic carbocycles. The van der Waals surface area contributed by atoms with Gasteiger partial charge in [-0.2, -0.15) is 19.6 Å². The molecule has 0 atom stereocenters. The van der Waals surface area contributed by atoms with Gasteiger partial charge in [-0.15, -0.1) is 0 Å². The van der Waals surface area contributed by atoms with E-state index in [2.05, 4.69) is 15.1 Å². The van der Waals surface area contributed by atoms with Crippen LogP contribution in [-0.4, -0.2) is 39.4 Å². The molecular weight excluding hydrogens is 244 g/mol. The number of aromatic nitrogens is 4. The Morgan fingerprint density at radius 3 is 3.00 bits per heavy atom. The minimum Gasteiger partial charge on any atom is -0.475 e. The summed E-state index contributed by atoms with van der Waals surface area (Å²) in [6, 6.07) is 0. The second-order valence-corrected chi connectivity index (χ2v) is 3.71. The maximum Gasteiger partial charge on any atom is 0.256 e. The summed E-state index contributed by atoms with van der Waals surface area (Å²) in [7, 11) is 0. The predicted octanol–water partition coefficient (Wildman–Crippen LogP) is 1.50. The van der Waals surface area contributed by atoms with Gasteiger partial charge in [-0.3, -0.25) is 0 Å². The summed E-state index contributed by atoms with van der Waals surface area (Å²) in [6.07, 6.45) is 1.41. The highest BCUT2D eigenvalue weighted by molar-refractivity contribution is 6.30. The molecule has 7 heteroatoms. The van der Waals surface area contributed by atoms with Crippen molar-refractivity contribution in [1.29, 1.82) is 0 Å². The van der Waals surface area contributed by atoms with Crippen molar-refractivity contribution in [2.75, 3.05) is 19.8 Å². The van der Waals surface area contributed by atoms with E-state index < -0.39 is 0 Å². The van der Waals surface area contributed by atoms with Crippen LogP contribution in [0.4, 0.5) is 0 Å². The van der Waals surface area contributed by atoms with Crippen molar-refractivity contribution in [3.05, 3.63) is 17.0 Å². The molecule has 0 aliphatic heterocycles. The zero-order valence-corrected chi connectivity index (χ0v) is 10.4. The Bertz CT molecular complexity index is 514. The summed E-state index contributed by atoms with van der Waals surface area (Å²) in [5.41, 5.74) is 0.737. The molecule has 0 N–H and O–H groups in total. The second-order valence-electron chi connectivity index (χ2n) is 3.35.